The first-order chi connectivity index (χ1) is 12.9. The second-order valence-electron chi connectivity index (χ2n) is 6.87. The van der Waals surface area contributed by atoms with E-state index in [2.05, 4.69) is 22.5 Å². The fourth-order valence-corrected chi connectivity index (χ4v) is 4.95. The number of amides is 4. The van der Waals surface area contributed by atoms with E-state index >= 15 is 0 Å². The predicted octanol–water partition coefficient (Wildman–Crippen LogP) is 0.423. The molecule has 3 unspecified atom stereocenters. The Balaban J connectivity index is 1.26. The quantitative estimate of drug-likeness (QED) is 0.294. The summed E-state index contributed by atoms with van der Waals surface area (Å²) in [7, 11) is 0. The van der Waals surface area contributed by atoms with Crippen LogP contribution in [0.15, 0.2) is 12.3 Å². The van der Waals surface area contributed by atoms with Gasteiger partial charge in [0.25, 0.3) is 11.8 Å². The molecule has 0 aliphatic carbocycles. The van der Waals surface area contributed by atoms with Gasteiger partial charge in [0.2, 0.25) is 0 Å². The van der Waals surface area contributed by atoms with Crippen LogP contribution in [-0.2, 0) is 19.2 Å². The van der Waals surface area contributed by atoms with E-state index in [1.807, 2.05) is 11.8 Å². The number of hydroxylamine groups is 2. The molecule has 0 saturated carbocycles. The molecular formula is C17H24N4O5S. The highest BCUT2D eigenvalue weighted by Gasteiger charge is 2.42. The van der Waals surface area contributed by atoms with E-state index in [-0.39, 0.29) is 37.4 Å². The zero-order valence-electron chi connectivity index (χ0n) is 15.0. The maximum atomic E-state index is 11.8. The Kier molecular flexibility index (Phi) is 6.25. The highest BCUT2D eigenvalue weighted by molar-refractivity contribution is 8.00. The van der Waals surface area contributed by atoms with E-state index in [9.17, 15) is 19.2 Å². The number of rotatable bonds is 9. The number of thioether (sulfide) groups is 1. The normalized spacial score (nSPS) is 26.6. The fraction of sp³-hybridized carbons (Fsp3) is 0.647. The minimum Gasteiger partial charge on any atom is -0.388 e. The first kappa shape index (κ1) is 19.5. The zero-order valence-corrected chi connectivity index (χ0v) is 15.8. The van der Waals surface area contributed by atoms with Crippen LogP contribution in [0.4, 0.5) is 4.79 Å². The topological polar surface area (TPSA) is 117 Å². The van der Waals surface area contributed by atoms with Crippen LogP contribution in [-0.4, -0.2) is 58.5 Å². The molecule has 0 radical (unpaired) electrons. The zero-order chi connectivity index (χ0) is 19.4. The number of fused-ring (bicyclic) bond motifs is 1. The molecule has 0 spiro atoms. The molecule has 0 aromatic carbocycles. The van der Waals surface area contributed by atoms with E-state index in [4.69, 9.17) is 4.84 Å². The van der Waals surface area contributed by atoms with Crippen LogP contribution in [0.5, 0.6) is 0 Å². The maximum Gasteiger partial charge on any atom is 0.339 e. The Labute approximate surface area is 161 Å². The van der Waals surface area contributed by atoms with Gasteiger partial charge in [0, 0.05) is 36.1 Å². The summed E-state index contributed by atoms with van der Waals surface area (Å²) >= 11 is 1.89. The monoisotopic (exact) mass is 396 g/mol. The molecule has 3 heterocycles. The third kappa shape index (κ3) is 4.94. The Morgan fingerprint density at radius 2 is 1.96 bits per heavy atom. The van der Waals surface area contributed by atoms with Crippen LogP contribution in [0.25, 0.3) is 0 Å². The van der Waals surface area contributed by atoms with Gasteiger partial charge >= 0.3 is 12.0 Å². The number of hydrogen-bond acceptors (Lipinski definition) is 7. The Hall–Kier alpha value is -2.23. The van der Waals surface area contributed by atoms with Gasteiger partial charge in [-0.15, -0.1) is 5.06 Å². The molecule has 4 amide bonds. The molecule has 0 aromatic heterocycles. The van der Waals surface area contributed by atoms with Crippen molar-refractivity contribution < 1.29 is 24.0 Å². The molecule has 9 nitrogen and oxygen atoms in total. The molecule has 0 aromatic rings. The molecule has 10 heteroatoms. The van der Waals surface area contributed by atoms with Crippen molar-refractivity contribution in [2.24, 2.45) is 0 Å². The van der Waals surface area contributed by atoms with Crippen molar-refractivity contribution in [3.63, 3.8) is 0 Å². The summed E-state index contributed by atoms with van der Waals surface area (Å²) < 4.78 is 0. The van der Waals surface area contributed by atoms with Crippen LogP contribution in [0.3, 0.4) is 0 Å². The third-order valence-corrected chi connectivity index (χ3v) is 6.29. The second-order valence-corrected chi connectivity index (χ2v) is 8.14. The van der Waals surface area contributed by atoms with Gasteiger partial charge < -0.3 is 20.8 Å². The van der Waals surface area contributed by atoms with Gasteiger partial charge in [0.1, 0.15) is 0 Å². The van der Waals surface area contributed by atoms with Gasteiger partial charge in [0.05, 0.1) is 18.5 Å². The maximum absolute atomic E-state index is 11.8. The summed E-state index contributed by atoms with van der Waals surface area (Å²) in [6.07, 6.45) is 2.98. The van der Waals surface area contributed by atoms with Crippen LogP contribution >= 0.6 is 11.8 Å². The first-order valence-corrected chi connectivity index (χ1v) is 10.2. The number of urea groups is 1. The summed E-state index contributed by atoms with van der Waals surface area (Å²) in [5.41, 5.74) is 0.488. The van der Waals surface area contributed by atoms with Crippen molar-refractivity contribution in [3.05, 3.63) is 12.3 Å². The summed E-state index contributed by atoms with van der Waals surface area (Å²) in [4.78, 5) is 50.8. The van der Waals surface area contributed by atoms with Gasteiger partial charge in [-0.3, -0.25) is 9.59 Å². The highest BCUT2D eigenvalue weighted by atomic mass is 32.2. The smallest absolute Gasteiger partial charge is 0.339 e. The summed E-state index contributed by atoms with van der Waals surface area (Å²) in [5, 5.41) is 9.95. The molecule has 148 valence electrons. The second kappa shape index (κ2) is 8.64. The van der Waals surface area contributed by atoms with Crippen molar-refractivity contribution in [1.82, 2.24) is 21.0 Å². The van der Waals surface area contributed by atoms with Crippen molar-refractivity contribution >= 4 is 35.6 Å². The molecule has 27 heavy (non-hydrogen) atoms. The summed E-state index contributed by atoms with van der Waals surface area (Å²) in [5.74, 6) is -0.720. The standard InChI is InChI=1S/C17H24N4O5S/c1-10(8-15(24)26-21-13(22)5-6-14(21)23)18-7-3-2-4-12-16-11(9-27-12)19-17(25)20-16/h11-12,16,18H,1-9H2,(H2,19,20,25). The van der Waals surface area contributed by atoms with Gasteiger partial charge in [-0.05, 0) is 12.8 Å². The van der Waals surface area contributed by atoms with Crippen LogP contribution in [0.2, 0.25) is 0 Å². The lowest BCUT2D eigenvalue weighted by molar-refractivity contribution is -0.197. The van der Waals surface area contributed by atoms with Gasteiger partial charge in [-0.1, -0.05) is 13.0 Å². The fourth-order valence-electron chi connectivity index (χ4n) is 3.41. The molecule has 0 bridgehead atoms. The molecule has 3 rings (SSSR count). The summed E-state index contributed by atoms with van der Waals surface area (Å²) in [6, 6.07) is 0.388. The van der Waals surface area contributed by atoms with Crippen molar-refractivity contribution in [2.45, 2.75) is 55.9 Å². The summed E-state index contributed by atoms with van der Waals surface area (Å²) in [6.45, 7) is 4.44. The Morgan fingerprint density at radius 3 is 2.70 bits per heavy atom. The number of hydrogen-bond donors (Lipinski definition) is 3. The van der Waals surface area contributed by atoms with Gasteiger partial charge in [0.15, 0.2) is 0 Å². The van der Waals surface area contributed by atoms with E-state index in [0.29, 0.717) is 22.6 Å². The van der Waals surface area contributed by atoms with Crippen molar-refractivity contribution in [3.8, 4) is 0 Å². The van der Waals surface area contributed by atoms with Crippen LogP contribution in [0, 0.1) is 0 Å². The number of imide groups is 1. The van der Waals surface area contributed by atoms with Crippen LogP contribution < -0.4 is 16.0 Å². The average Bonchev–Trinajstić information content (AvgIpc) is 3.25. The highest BCUT2D eigenvalue weighted by Crippen LogP contribution is 2.32. The first-order valence-electron chi connectivity index (χ1n) is 9.11. The van der Waals surface area contributed by atoms with Gasteiger partial charge in [-0.2, -0.15) is 11.8 Å². The van der Waals surface area contributed by atoms with Gasteiger partial charge in [-0.25, -0.2) is 9.59 Å². The minimum atomic E-state index is -0.686. The molecule has 3 aliphatic rings. The van der Waals surface area contributed by atoms with Crippen molar-refractivity contribution in [2.75, 3.05) is 12.3 Å². The Morgan fingerprint density at radius 1 is 1.22 bits per heavy atom. The predicted molar refractivity (Wildman–Crippen MR) is 98.3 cm³/mol. The SMILES string of the molecule is C=C(CC(=O)ON1C(=O)CCC1=O)NCCCCC1SCC2NC(=O)NC21. The minimum absolute atomic E-state index is 0.0718. The molecule has 3 saturated heterocycles. The molecule has 3 atom stereocenters. The Bertz CT molecular complexity index is 639. The third-order valence-electron chi connectivity index (χ3n) is 4.79. The number of carbonyl (C=O) groups excluding carboxylic acids is 4. The molecular weight excluding hydrogens is 372 g/mol. The largest absolute Gasteiger partial charge is 0.388 e. The average molecular weight is 396 g/mol. The molecule has 3 fully saturated rings. The number of carbonyl (C=O) groups is 4. The lowest BCUT2D eigenvalue weighted by atomic mass is 10.0. The number of unbranched alkanes of at least 4 members (excludes halogenated alkanes) is 1. The van der Waals surface area contributed by atoms with E-state index in [1.54, 1.807) is 0 Å². The lowest BCUT2D eigenvalue weighted by Crippen LogP contribution is -2.36. The lowest BCUT2D eigenvalue weighted by Gasteiger charge is -2.17. The van der Waals surface area contributed by atoms with E-state index in [1.165, 1.54) is 0 Å². The molecule has 3 aliphatic heterocycles. The van der Waals surface area contributed by atoms with E-state index < -0.39 is 17.8 Å². The number of nitrogens with zero attached hydrogens (tertiary/aromatic N) is 1. The van der Waals surface area contributed by atoms with E-state index in [0.717, 1.165) is 25.0 Å². The number of nitrogens with one attached hydrogen (secondary N) is 3. The van der Waals surface area contributed by atoms with Crippen LogP contribution in [0.1, 0.15) is 38.5 Å². The van der Waals surface area contributed by atoms with Crippen molar-refractivity contribution in [1.29, 1.82) is 0 Å². The molecule has 3 N–H and O–H groups in total.